The van der Waals surface area contributed by atoms with E-state index in [2.05, 4.69) is 30.4 Å². The molecule has 4 rings (SSSR count). The lowest BCUT2D eigenvalue weighted by Crippen LogP contribution is -2.17. The van der Waals surface area contributed by atoms with Gasteiger partial charge in [0.05, 0.1) is 5.41 Å². The molecule has 66 valence electrons. The fourth-order valence-electron chi connectivity index (χ4n) is 3.02. The van der Waals surface area contributed by atoms with Crippen molar-refractivity contribution in [3.63, 3.8) is 0 Å². The van der Waals surface area contributed by atoms with Crippen LogP contribution < -0.4 is 0 Å². The molecule has 0 saturated carbocycles. The lowest BCUT2D eigenvalue weighted by molar-refractivity contribution is 0.425. The summed E-state index contributed by atoms with van der Waals surface area (Å²) in [4.78, 5) is 0. The molecule has 0 saturated heterocycles. The zero-order valence-corrected chi connectivity index (χ0v) is 7.49. The van der Waals surface area contributed by atoms with E-state index in [-0.39, 0.29) is 5.41 Å². The van der Waals surface area contributed by atoms with Crippen LogP contribution in [0.5, 0.6) is 0 Å². The van der Waals surface area contributed by atoms with Crippen LogP contribution in [0, 0.1) is 5.41 Å². The number of hydrogen-bond acceptors (Lipinski definition) is 1. The van der Waals surface area contributed by atoms with Crippen molar-refractivity contribution in [2.75, 3.05) is 0 Å². The van der Waals surface area contributed by atoms with Gasteiger partial charge in [-0.2, -0.15) is 0 Å². The predicted octanol–water partition coefficient (Wildman–Crippen LogP) is 2.73. The van der Waals surface area contributed by atoms with Gasteiger partial charge in [-0.3, -0.25) is 0 Å². The summed E-state index contributed by atoms with van der Waals surface area (Å²) in [7, 11) is 0. The summed E-state index contributed by atoms with van der Waals surface area (Å²) in [6.07, 6.45) is 14.6. The minimum atomic E-state index is -0.0932. The van der Waals surface area contributed by atoms with Gasteiger partial charge >= 0.3 is 0 Å². The van der Waals surface area contributed by atoms with Crippen LogP contribution in [0.1, 0.15) is 0 Å². The topological polar surface area (TPSA) is 20.2 Å². The highest BCUT2D eigenvalue weighted by Gasteiger charge is 2.52. The van der Waals surface area contributed by atoms with Crippen LogP contribution in [-0.4, -0.2) is 5.11 Å². The summed E-state index contributed by atoms with van der Waals surface area (Å²) in [5.74, 6) is 0.435. The predicted molar refractivity (Wildman–Crippen MR) is 54.6 cm³/mol. The second-order valence-electron chi connectivity index (χ2n) is 4.06. The molecule has 0 fully saturated rings. The SMILES string of the molecule is OC1=C2C=CC(=C1)C21C2=CC=C1C=C2. The van der Waals surface area contributed by atoms with E-state index in [1.54, 1.807) is 0 Å². The summed E-state index contributed by atoms with van der Waals surface area (Å²) >= 11 is 0. The average molecular weight is 180 g/mol. The molecule has 4 aliphatic rings. The van der Waals surface area contributed by atoms with E-state index in [4.69, 9.17) is 0 Å². The van der Waals surface area contributed by atoms with Crippen molar-refractivity contribution >= 4 is 0 Å². The quantitative estimate of drug-likeness (QED) is 0.607. The van der Waals surface area contributed by atoms with Crippen LogP contribution in [0.4, 0.5) is 0 Å². The molecule has 0 aromatic heterocycles. The first-order valence-corrected chi connectivity index (χ1v) is 4.78. The third-order valence-electron chi connectivity index (χ3n) is 3.59. The Labute approximate surface area is 81.8 Å². The van der Waals surface area contributed by atoms with E-state index in [0.29, 0.717) is 5.76 Å². The van der Waals surface area contributed by atoms with Crippen LogP contribution in [0.3, 0.4) is 0 Å². The molecule has 4 bridgehead atoms. The Morgan fingerprint density at radius 2 is 1.50 bits per heavy atom. The van der Waals surface area contributed by atoms with Gasteiger partial charge in [0, 0.05) is 5.57 Å². The van der Waals surface area contributed by atoms with Crippen molar-refractivity contribution in [2.24, 2.45) is 5.41 Å². The van der Waals surface area contributed by atoms with Crippen LogP contribution in [0.25, 0.3) is 0 Å². The van der Waals surface area contributed by atoms with Crippen molar-refractivity contribution in [3.05, 3.63) is 70.6 Å². The molecule has 0 aliphatic heterocycles. The van der Waals surface area contributed by atoms with Crippen molar-refractivity contribution in [1.82, 2.24) is 0 Å². The Hall–Kier alpha value is -1.76. The van der Waals surface area contributed by atoms with E-state index in [0.717, 1.165) is 5.57 Å². The molecule has 14 heavy (non-hydrogen) atoms. The average Bonchev–Trinajstić information content (AvgIpc) is 2.90. The first-order chi connectivity index (χ1) is 6.83. The maximum Gasteiger partial charge on any atom is 0.120 e. The summed E-state index contributed by atoms with van der Waals surface area (Å²) in [5.41, 5.74) is 4.76. The van der Waals surface area contributed by atoms with Gasteiger partial charge in [0.25, 0.3) is 0 Å². The molecular formula is C13H8O. The smallest absolute Gasteiger partial charge is 0.120 e. The van der Waals surface area contributed by atoms with Gasteiger partial charge in [0.1, 0.15) is 5.76 Å². The van der Waals surface area contributed by atoms with Crippen molar-refractivity contribution in [3.8, 4) is 0 Å². The van der Waals surface area contributed by atoms with Gasteiger partial charge in [-0.05, 0) is 22.8 Å². The Balaban J connectivity index is 2.12. The monoisotopic (exact) mass is 180 g/mol. The van der Waals surface area contributed by atoms with Crippen molar-refractivity contribution < 1.29 is 5.11 Å². The summed E-state index contributed by atoms with van der Waals surface area (Å²) in [5, 5.41) is 9.78. The van der Waals surface area contributed by atoms with Crippen LogP contribution in [0.2, 0.25) is 0 Å². The second kappa shape index (κ2) is 1.71. The fraction of sp³-hybridized carbons (Fsp3) is 0.0769. The van der Waals surface area contributed by atoms with E-state index in [9.17, 15) is 5.11 Å². The van der Waals surface area contributed by atoms with Gasteiger partial charge in [0.15, 0.2) is 0 Å². The molecule has 0 aromatic carbocycles. The molecule has 0 unspecified atom stereocenters. The number of allylic oxidation sites excluding steroid dienone is 11. The Kier molecular flexibility index (Phi) is 0.814. The largest absolute Gasteiger partial charge is 0.508 e. The molecule has 1 heteroatoms. The number of hydrogen-bond donors (Lipinski definition) is 1. The van der Waals surface area contributed by atoms with Gasteiger partial charge in [-0.25, -0.2) is 0 Å². The zero-order valence-electron chi connectivity index (χ0n) is 7.49. The van der Waals surface area contributed by atoms with Crippen molar-refractivity contribution in [1.29, 1.82) is 0 Å². The number of rotatable bonds is 0. The summed E-state index contributed by atoms with van der Waals surface area (Å²) < 4.78 is 0. The molecule has 4 aliphatic carbocycles. The molecular weight excluding hydrogens is 172 g/mol. The molecule has 1 N–H and O–H groups in total. The minimum absolute atomic E-state index is 0.0932. The summed E-state index contributed by atoms with van der Waals surface area (Å²) in [6, 6.07) is 0. The zero-order chi connectivity index (χ0) is 9.34. The maximum atomic E-state index is 9.78. The molecule has 0 amide bonds. The van der Waals surface area contributed by atoms with Crippen LogP contribution in [0.15, 0.2) is 70.6 Å². The van der Waals surface area contributed by atoms with Gasteiger partial charge in [-0.15, -0.1) is 0 Å². The highest BCUT2D eigenvalue weighted by Crippen LogP contribution is 2.63. The molecule has 0 atom stereocenters. The number of aliphatic hydroxyl groups excluding tert-OH is 1. The van der Waals surface area contributed by atoms with Gasteiger partial charge in [0.2, 0.25) is 0 Å². The van der Waals surface area contributed by atoms with Gasteiger partial charge < -0.3 is 5.11 Å². The lowest BCUT2D eigenvalue weighted by atomic mass is 9.75. The normalized spacial score (nSPS) is 27.9. The van der Waals surface area contributed by atoms with Crippen LogP contribution in [-0.2, 0) is 0 Å². The molecule has 0 aromatic rings. The summed E-state index contributed by atoms with van der Waals surface area (Å²) in [6.45, 7) is 0. The standard InChI is InChI=1S/C13H8O/c14-12-7-10-5-6-11(12)13(10)8-1-2-9(13)4-3-8/h1-7,14H. The number of aliphatic hydroxyl groups is 1. The third-order valence-corrected chi connectivity index (χ3v) is 3.59. The minimum Gasteiger partial charge on any atom is -0.508 e. The first-order valence-electron chi connectivity index (χ1n) is 4.78. The van der Waals surface area contributed by atoms with Crippen molar-refractivity contribution in [2.45, 2.75) is 0 Å². The highest BCUT2D eigenvalue weighted by molar-refractivity contribution is 5.78. The maximum absolute atomic E-state index is 9.78. The Morgan fingerprint density at radius 1 is 0.857 bits per heavy atom. The molecule has 1 spiro atoms. The van der Waals surface area contributed by atoms with E-state index < -0.39 is 0 Å². The van der Waals surface area contributed by atoms with Crippen LogP contribution >= 0.6 is 0 Å². The van der Waals surface area contributed by atoms with E-state index in [1.165, 1.54) is 16.7 Å². The fourth-order valence-corrected chi connectivity index (χ4v) is 3.02. The molecule has 0 heterocycles. The van der Waals surface area contributed by atoms with Gasteiger partial charge in [-0.1, -0.05) is 36.5 Å². The molecule has 0 radical (unpaired) electrons. The first kappa shape index (κ1) is 6.66. The van der Waals surface area contributed by atoms with E-state index >= 15 is 0 Å². The highest BCUT2D eigenvalue weighted by atomic mass is 16.3. The Bertz CT molecular complexity index is 526. The third kappa shape index (κ3) is 0.427. The Morgan fingerprint density at radius 3 is 1.93 bits per heavy atom. The second-order valence-corrected chi connectivity index (χ2v) is 4.06. The lowest BCUT2D eigenvalue weighted by Gasteiger charge is -2.25. The molecule has 1 nitrogen and oxygen atoms in total. The van der Waals surface area contributed by atoms with E-state index in [1.807, 2.05) is 12.2 Å².